The Labute approximate surface area is 113 Å². The topological polar surface area (TPSA) is 20.3 Å². The van der Waals surface area contributed by atoms with Gasteiger partial charge in [0.15, 0.2) is 0 Å². The van der Waals surface area contributed by atoms with E-state index in [1.807, 2.05) is 0 Å². The molecule has 0 bridgehead atoms. The van der Waals surface area contributed by atoms with Crippen molar-refractivity contribution in [2.24, 2.45) is 5.92 Å². The summed E-state index contributed by atoms with van der Waals surface area (Å²) in [6.07, 6.45) is 9.03. The van der Waals surface area contributed by atoms with E-state index in [1.54, 1.807) is 0 Å². The molecule has 2 rings (SSSR count). The summed E-state index contributed by atoms with van der Waals surface area (Å²) in [7, 11) is 6.23. The third-order valence-electron chi connectivity index (χ3n) is 4.66. The van der Waals surface area contributed by atoms with Crippen molar-refractivity contribution in [2.75, 3.05) is 0 Å². The van der Waals surface area contributed by atoms with Crippen LogP contribution in [-0.2, 0) is 4.79 Å². The van der Waals surface area contributed by atoms with E-state index in [0.717, 1.165) is 19.3 Å². The van der Waals surface area contributed by atoms with E-state index in [-0.39, 0.29) is 0 Å². The van der Waals surface area contributed by atoms with Gasteiger partial charge in [-0.05, 0) is 32.6 Å². The van der Waals surface area contributed by atoms with E-state index in [4.69, 9.17) is 7.85 Å². The van der Waals surface area contributed by atoms with Gasteiger partial charge in [-0.15, -0.1) is 0 Å². The average Bonchev–Trinajstić information content (AvgIpc) is 2.39. The first-order chi connectivity index (χ1) is 8.59. The molecule has 100 valence electrons. The van der Waals surface area contributed by atoms with Crippen LogP contribution in [0.1, 0.15) is 65.2 Å². The van der Waals surface area contributed by atoms with Crippen molar-refractivity contribution >= 4 is 13.8 Å². The normalized spacial score (nSPS) is 34.7. The Morgan fingerprint density at radius 3 is 2.61 bits per heavy atom. The molecule has 3 atom stereocenters. The molecule has 1 aliphatic heterocycles. The van der Waals surface area contributed by atoms with Gasteiger partial charge in [0.25, 0.3) is 0 Å². The number of hydrogen-bond acceptors (Lipinski definition) is 1. The zero-order valence-corrected chi connectivity index (χ0v) is 11.9. The van der Waals surface area contributed by atoms with Crippen LogP contribution in [0.25, 0.3) is 0 Å². The van der Waals surface area contributed by atoms with Gasteiger partial charge in [-0.3, -0.25) is 4.79 Å². The largest absolute Gasteiger partial charge is 0.337 e. The number of carbonyl (C=O) groups is 1. The molecule has 1 amide bonds. The molecule has 2 radical (unpaired) electrons. The lowest BCUT2D eigenvalue weighted by Gasteiger charge is -2.44. The molecule has 1 heterocycles. The van der Waals surface area contributed by atoms with Crippen LogP contribution >= 0.6 is 0 Å². The summed E-state index contributed by atoms with van der Waals surface area (Å²) in [6.45, 7) is 4.29. The van der Waals surface area contributed by atoms with E-state index in [1.165, 1.54) is 32.1 Å². The second-order valence-electron chi connectivity index (χ2n) is 6.39. The summed E-state index contributed by atoms with van der Waals surface area (Å²) in [4.78, 5) is 14.3. The fourth-order valence-electron chi connectivity index (χ4n) is 3.81. The van der Waals surface area contributed by atoms with Gasteiger partial charge in [0.1, 0.15) is 0 Å². The third kappa shape index (κ3) is 3.10. The molecule has 2 nitrogen and oxygen atoms in total. The maximum atomic E-state index is 12.2. The Balaban J connectivity index is 2.14. The van der Waals surface area contributed by atoms with Gasteiger partial charge >= 0.3 is 0 Å². The molecule has 0 spiro atoms. The minimum Gasteiger partial charge on any atom is -0.337 e. The zero-order valence-electron chi connectivity index (χ0n) is 11.9. The highest BCUT2D eigenvalue weighted by atomic mass is 16.2. The van der Waals surface area contributed by atoms with E-state index in [2.05, 4.69) is 18.7 Å². The molecule has 1 aliphatic carbocycles. The maximum Gasteiger partial charge on any atom is 0.223 e. The molecule has 2 aliphatic rings. The molecule has 0 aromatic heterocycles. The van der Waals surface area contributed by atoms with Gasteiger partial charge in [0, 0.05) is 18.5 Å². The van der Waals surface area contributed by atoms with E-state index in [0.29, 0.717) is 29.7 Å². The van der Waals surface area contributed by atoms with Crippen molar-refractivity contribution in [3.8, 4) is 0 Å². The Morgan fingerprint density at radius 2 is 1.89 bits per heavy atom. The van der Waals surface area contributed by atoms with E-state index >= 15 is 0 Å². The Kier molecular flexibility index (Phi) is 4.74. The van der Waals surface area contributed by atoms with Crippen LogP contribution in [0.5, 0.6) is 0 Å². The average molecular weight is 247 g/mol. The minimum atomic E-state index is 0.335. The standard InChI is InChI=1S/C15H26BNO/c1-11(2)17-14-7-5-3-4-6-13(16)10-12(14)8-9-15(17)18/h11-14H,3-10H2,1-2H3. The van der Waals surface area contributed by atoms with Crippen LogP contribution in [0.15, 0.2) is 0 Å². The smallest absolute Gasteiger partial charge is 0.223 e. The van der Waals surface area contributed by atoms with Crippen LogP contribution in [0, 0.1) is 5.92 Å². The van der Waals surface area contributed by atoms with Gasteiger partial charge in [-0.1, -0.05) is 37.9 Å². The number of likely N-dealkylation sites (tertiary alicyclic amines) is 1. The highest BCUT2D eigenvalue weighted by Gasteiger charge is 2.37. The fraction of sp³-hybridized carbons (Fsp3) is 0.933. The first-order valence-electron chi connectivity index (χ1n) is 7.66. The Morgan fingerprint density at radius 1 is 1.17 bits per heavy atom. The molecule has 3 heteroatoms. The van der Waals surface area contributed by atoms with Crippen LogP contribution in [0.4, 0.5) is 0 Å². The van der Waals surface area contributed by atoms with Crippen molar-refractivity contribution in [3.05, 3.63) is 0 Å². The number of amides is 1. The zero-order chi connectivity index (χ0) is 13.1. The van der Waals surface area contributed by atoms with Crippen LogP contribution in [-0.4, -0.2) is 30.7 Å². The van der Waals surface area contributed by atoms with Gasteiger partial charge in [-0.25, -0.2) is 0 Å². The number of piperidine rings is 1. The number of carbonyl (C=O) groups excluding carboxylic acids is 1. The monoisotopic (exact) mass is 247 g/mol. The Hall–Kier alpha value is -0.465. The summed E-state index contributed by atoms with van der Waals surface area (Å²) < 4.78 is 0. The van der Waals surface area contributed by atoms with Crippen molar-refractivity contribution in [2.45, 2.75) is 83.1 Å². The second-order valence-corrected chi connectivity index (χ2v) is 6.39. The molecule has 2 fully saturated rings. The number of fused-ring (bicyclic) bond motifs is 1. The van der Waals surface area contributed by atoms with Gasteiger partial charge in [0.2, 0.25) is 5.91 Å². The summed E-state index contributed by atoms with van der Waals surface area (Å²) in [5.41, 5.74) is 0. The lowest BCUT2D eigenvalue weighted by molar-refractivity contribution is -0.141. The first-order valence-corrected chi connectivity index (χ1v) is 7.66. The maximum absolute atomic E-state index is 12.2. The van der Waals surface area contributed by atoms with Crippen LogP contribution < -0.4 is 0 Å². The predicted octanol–water partition coefficient (Wildman–Crippen LogP) is 3.31. The van der Waals surface area contributed by atoms with Crippen LogP contribution in [0.2, 0.25) is 5.82 Å². The predicted molar refractivity (Wildman–Crippen MR) is 75.7 cm³/mol. The lowest BCUT2D eigenvalue weighted by atomic mass is 9.72. The van der Waals surface area contributed by atoms with Crippen molar-refractivity contribution in [1.29, 1.82) is 0 Å². The quantitative estimate of drug-likeness (QED) is 0.651. The van der Waals surface area contributed by atoms with E-state index < -0.39 is 0 Å². The highest BCUT2D eigenvalue weighted by Crippen LogP contribution is 2.37. The van der Waals surface area contributed by atoms with Gasteiger partial charge in [0.05, 0.1) is 7.85 Å². The molecule has 18 heavy (non-hydrogen) atoms. The summed E-state index contributed by atoms with van der Waals surface area (Å²) >= 11 is 0. The Bertz CT molecular complexity index is 292. The number of hydrogen-bond donors (Lipinski definition) is 0. The molecule has 0 N–H and O–H groups in total. The van der Waals surface area contributed by atoms with Crippen LogP contribution in [0.3, 0.4) is 0 Å². The summed E-state index contributed by atoms with van der Waals surface area (Å²) in [5, 5.41) is 0. The molecule has 0 aromatic rings. The molecule has 3 unspecified atom stereocenters. The molecule has 1 saturated heterocycles. The van der Waals surface area contributed by atoms with Crippen molar-refractivity contribution < 1.29 is 4.79 Å². The minimum absolute atomic E-state index is 0.335. The van der Waals surface area contributed by atoms with Gasteiger partial charge < -0.3 is 4.90 Å². The first kappa shape index (κ1) is 14.0. The number of rotatable bonds is 1. The summed E-state index contributed by atoms with van der Waals surface area (Å²) in [5.74, 6) is 1.34. The fourth-order valence-corrected chi connectivity index (χ4v) is 3.81. The van der Waals surface area contributed by atoms with Crippen molar-refractivity contribution in [1.82, 2.24) is 4.90 Å². The van der Waals surface area contributed by atoms with Gasteiger partial charge in [-0.2, -0.15) is 0 Å². The summed E-state index contributed by atoms with van der Waals surface area (Å²) in [6, 6.07) is 0.790. The number of nitrogens with zero attached hydrogens (tertiary/aromatic N) is 1. The lowest BCUT2D eigenvalue weighted by Crippen LogP contribution is -2.51. The molecule has 1 saturated carbocycles. The SMILES string of the molecule is [B]C1CCCCCC2C(CCC(=O)N2C(C)C)C1. The third-order valence-corrected chi connectivity index (χ3v) is 4.66. The van der Waals surface area contributed by atoms with Crippen molar-refractivity contribution in [3.63, 3.8) is 0 Å². The molecular formula is C15H26BNO. The van der Waals surface area contributed by atoms with E-state index in [9.17, 15) is 4.79 Å². The second kappa shape index (κ2) is 6.12. The molecule has 0 aromatic carbocycles. The highest BCUT2D eigenvalue weighted by molar-refractivity contribution is 6.11. The molecular weight excluding hydrogens is 221 g/mol.